The largest absolute Gasteiger partial charge is 0.491 e. The average molecular weight is 253 g/mol. The Labute approximate surface area is 110 Å². The molecule has 0 amide bonds. The molecule has 0 aliphatic heterocycles. The first-order valence-corrected chi connectivity index (χ1v) is 6.44. The fourth-order valence-corrected chi connectivity index (χ4v) is 1.61. The summed E-state index contributed by atoms with van der Waals surface area (Å²) >= 11 is 0. The first kappa shape index (κ1) is 15.0. The Hall–Kier alpha value is -1.09. The van der Waals surface area contributed by atoms with Crippen LogP contribution < -0.4 is 10.1 Å². The Balaban J connectivity index is 2.75. The predicted octanol–water partition coefficient (Wildman–Crippen LogP) is 3.87. The molecule has 1 atom stereocenters. The number of rotatable bonds is 5. The van der Waals surface area contributed by atoms with Crippen molar-refractivity contribution in [3.05, 3.63) is 29.8 Å². The molecule has 0 heterocycles. The second kappa shape index (κ2) is 6.19. The van der Waals surface area contributed by atoms with E-state index in [0.29, 0.717) is 17.9 Å². The maximum Gasteiger partial charge on any atom is 0.141 e. The van der Waals surface area contributed by atoms with Crippen LogP contribution in [0.2, 0.25) is 0 Å². The van der Waals surface area contributed by atoms with Crippen molar-refractivity contribution in [2.75, 3.05) is 6.54 Å². The van der Waals surface area contributed by atoms with Gasteiger partial charge in [0.1, 0.15) is 11.9 Å². The Morgan fingerprint density at radius 2 is 1.83 bits per heavy atom. The van der Waals surface area contributed by atoms with E-state index in [4.69, 9.17) is 4.74 Å². The van der Waals surface area contributed by atoms with Crippen molar-refractivity contribution in [2.45, 2.75) is 52.4 Å². The molecular formula is C15H24FNO. The standard InChI is InChI=1S/C15H24FNO/c1-11(2)18-14-9-7-6-8-12(14)13(16)10-17-15(3,4)5/h6-9,11,13,17H,10H2,1-5H3. The number of halogens is 1. The lowest BCUT2D eigenvalue weighted by Crippen LogP contribution is -2.38. The molecule has 0 fully saturated rings. The van der Waals surface area contributed by atoms with E-state index in [2.05, 4.69) is 5.32 Å². The lowest BCUT2D eigenvalue weighted by molar-refractivity contribution is 0.226. The van der Waals surface area contributed by atoms with Crippen molar-refractivity contribution in [1.82, 2.24) is 5.32 Å². The molecule has 1 N–H and O–H groups in total. The molecule has 0 bridgehead atoms. The van der Waals surface area contributed by atoms with Gasteiger partial charge < -0.3 is 10.1 Å². The molecule has 0 spiro atoms. The van der Waals surface area contributed by atoms with E-state index in [1.54, 1.807) is 6.07 Å². The molecule has 0 aliphatic carbocycles. The van der Waals surface area contributed by atoms with Gasteiger partial charge in [-0.2, -0.15) is 0 Å². The van der Waals surface area contributed by atoms with Gasteiger partial charge in [-0.05, 0) is 40.7 Å². The van der Waals surface area contributed by atoms with E-state index >= 15 is 0 Å². The minimum absolute atomic E-state index is 0.0499. The van der Waals surface area contributed by atoms with Crippen LogP contribution in [0, 0.1) is 0 Å². The van der Waals surface area contributed by atoms with Crippen LogP contribution in [0.4, 0.5) is 4.39 Å². The Kier molecular flexibility index (Phi) is 5.15. The quantitative estimate of drug-likeness (QED) is 0.860. The summed E-state index contributed by atoms with van der Waals surface area (Å²) in [5, 5.41) is 3.17. The van der Waals surface area contributed by atoms with E-state index < -0.39 is 6.17 Å². The zero-order valence-electron chi connectivity index (χ0n) is 12.0. The van der Waals surface area contributed by atoms with E-state index in [1.165, 1.54) is 0 Å². The molecular weight excluding hydrogens is 229 g/mol. The van der Waals surface area contributed by atoms with Crippen LogP contribution >= 0.6 is 0 Å². The van der Waals surface area contributed by atoms with Crippen molar-refractivity contribution >= 4 is 0 Å². The minimum atomic E-state index is -1.06. The Bertz CT molecular complexity index is 371. The lowest BCUT2D eigenvalue weighted by Gasteiger charge is -2.23. The first-order valence-electron chi connectivity index (χ1n) is 6.44. The highest BCUT2D eigenvalue weighted by Crippen LogP contribution is 2.28. The van der Waals surface area contributed by atoms with Gasteiger partial charge in [-0.25, -0.2) is 4.39 Å². The summed E-state index contributed by atoms with van der Waals surface area (Å²) in [6.07, 6.45) is -1.01. The molecule has 0 saturated carbocycles. The molecule has 3 heteroatoms. The minimum Gasteiger partial charge on any atom is -0.491 e. The number of hydrogen-bond acceptors (Lipinski definition) is 2. The highest BCUT2D eigenvalue weighted by molar-refractivity contribution is 5.35. The summed E-state index contributed by atoms with van der Waals surface area (Å²) in [5.74, 6) is 0.635. The monoisotopic (exact) mass is 253 g/mol. The van der Waals surface area contributed by atoms with Gasteiger partial charge in [-0.1, -0.05) is 18.2 Å². The molecule has 0 radical (unpaired) electrons. The van der Waals surface area contributed by atoms with Crippen LogP contribution in [0.5, 0.6) is 5.75 Å². The van der Waals surface area contributed by atoms with Gasteiger partial charge in [0.2, 0.25) is 0 Å². The lowest BCUT2D eigenvalue weighted by atomic mass is 10.1. The SMILES string of the molecule is CC(C)Oc1ccccc1C(F)CNC(C)(C)C. The molecule has 0 aliphatic rings. The van der Waals surface area contributed by atoms with Gasteiger partial charge >= 0.3 is 0 Å². The fraction of sp³-hybridized carbons (Fsp3) is 0.600. The molecule has 0 aromatic heterocycles. The van der Waals surface area contributed by atoms with Crippen LogP contribution in [0.25, 0.3) is 0 Å². The van der Waals surface area contributed by atoms with Gasteiger partial charge in [0.15, 0.2) is 0 Å². The maximum atomic E-state index is 14.2. The molecule has 18 heavy (non-hydrogen) atoms. The molecule has 1 unspecified atom stereocenters. The van der Waals surface area contributed by atoms with Crippen molar-refractivity contribution in [3.63, 3.8) is 0 Å². The number of alkyl halides is 1. The third kappa shape index (κ3) is 5.05. The van der Waals surface area contributed by atoms with Crippen LogP contribution in [0.15, 0.2) is 24.3 Å². The van der Waals surface area contributed by atoms with Crippen molar-refractivity contribution < 1.29 is 9.13 Å². The Morgan fingerprint density at radius 3 is 2.39 bits per heavy atom. The van der Waals surface area contributed by atoms with Gasteiger partial charge in [-0.15, -0.1) is 0 Å². The first-order chi connectivity index (χ1) is 8.29. The van der Waals surface area contributed by atoms with E-state index in [0.717, 1.165) is 0 Å². The molecule has 1 aromatic carbocycles. The van der Waals surface area contributed by atoms with E-state index in [-0.39, 0.29) is 11.6 Å². The van der Waals surface area contributed by atoms with Crippen LogP contribution in [-0.4, -0.2) is 18.2 Å². The Morgan fingerprint density at radius 1 is 1.22 bits per heavy atom. The van der Waals surface area contributed by atoms with Crippen LogP contribution in [0.3, 0.4) is 0 Å². The van der Waals surface area contributed by atoms with Gasteiger partial charge in [0.25, 0.3) is 0 Å². The van der Waals surface area contributed by atoms with Crippen LogP contribution in [0.1, 0.15) is 46.4 Å². The third-order valence-electron chi connectivity index (χ3n) is 2.43. The third-order valence-corrected chi connectivity index (χ3v) is 2.43. The molecule has 1 aromatic rings. The molecule has 1 rings (SSSR count). The van der Waals surface area contributed by atoms with E-state index in [1.807, 2.05) is 52.8 Å². The summed E-state index contributed by atoms with van der Waals surface area (Å²) in [5.41, 5.74) is 0.529. The molecule has 0 saturated heterocycles. The molecule has 2 nitrogen and oxygen atoms in total. The number of ether oxygens (including phenoxy) is 1. The van der Waals surface area contributed by atoms with Gasteiger partial charge in [0.05, 0.1) is 6.10 Å². The number of hydrogen-bond donors (Lipinski definition) is 1. The van der Waals surface area contributed by atoms with Crippen LogP contribution in [-0.2, 0) is 0 Å². The summed E-state index contributed by atoms with van der Waals surface area (Å²) in [7, 11) is 0. The van der Waals surface area contributed by atoms with Crippen molar-refractivity contribution in [1.29, 1.82) is 0 Å². The predicted molar refractivity (Wildman–Crippen MR) is 73.8 cm³/mol. The second-order valence-electron chi connectivity index (χ2n) is 5.80. The summed E-state index contributed by atoms with van der Waals surface area (Å²) < 4.78 is 19.9. The number of para-hydroxylation sites is 1. The van der Waals surface area contributed by atoms with Crippen molar-refractivity contribution in [3.8, 4) is 5.75 Å². The summed E-state index contributed by atoms with van der Waals surface area (Å²) in [4.78, 5) is 0. The van der Waals surface area contributed by atoms with Gasteiger partial charge in [0, 0.05) is 17.6 Å². The maximum absolute atomic E-state index is 14.2. The summed E-state index contributed by atoms with van der Waals surface area (Å²) in [6, 6.07) is 7.31. The van der Waals surface area contributed by atoms with Crippen molar-refractivity contribution in [2.24, 2.45) is 0 Å². The average Bonchev–Trinajstić information content (AvgIpc) is 2.25. The highest BCUT2D eigenvalue weighted by Gasteiger charge is 2.18. The fourth-order valence-electron chi connectivity index (χ4n) is 1.61. The number of benzene rings is 1. The highest BCUT2D eigenvalue weighted by atomic mass is 19.1. The topological polar surface area (TPSA) is 21.3 Å². The van der Waals surface area contributed by atoms with E-state index in [9.17, 15) is 4.39 Å². The zero-order chi connectivity index (χ0) is 13.8. The smallest absolute Gasteiger partial charge is 0.141 e. The normalized spacial score (nSPS) is 13.7. The number of nitrogens with one attached hydrogen (secondary N) is 1. The zero-order valence-corrected chi connectivity index (χ0v) is 12.0. The summed E-state index contributed by atoms with van der Waals surface area (Å²) in [6.45, 7) is 10.2. The second-order valence-corrected chi connectivity index (χ2v) is 5.80. The van der Waals surface area contributed by atoms with Gasteiger partial charge in [-0.3, -0.25) is 0 Å². The molecule has 102 valence electrons.